The first-order valence-corrected chi connectivity index (χ1v) is 15.6. The number of likely N-dealkylation sites (tertiary alicyclic amines) is 1. The Bertz CT molecular complexity index is 1190. The molecule has 1 aliphatic heterocycles. The summed E-state index contributed by atoms with van der Waals surface area (Å²) < 4.78 is 5.55. The molecule has 1 heterocycles. The zero-order valence-corrected chi connectivity index (χ0v) is 28.5. The van der Waals surface area contributed by atoms with E-state index in [2.05, 4.69) is 35.1 Å². The van der Waals surface area contributed by atoms with Crippen LogP contribution in [0.3, 0.4) is 0 Å². The van der Waals surface area contributed by atoms with Gasteiger partial charge in [0.15, 0.2) is 0 Å². The lowest BCUT2D eigenvalue weighted by Gasteiger charge is -2.38. The molecular formula is C32H53N5O7. The first-order chi connectivity index (χ1) is 19.9. The van der Waals surface area contributed by atoms with Crippen molar-refractivity contribution in [3.8, 4) is 0 Å². The van der Waals surface area contributed by atoms with Gasteiger partial charge in [0.2, 0.25) is 17.6 Å². The van der Waals surface area contributed by atoms with Crippen LogP contribution in [0, 0.1) is 34.0 Å². The number of ketones is 1. The fourth-order valence-electron chi connectivity index (χ4n) is 6.25. The van der Waals surface area contributed by atoms with Crippen LogP contribution in [0.25, 0.3) is 0 Å². The number of likely N-dealkylation sites (N-methyl/N-ethyl adjacent to an activating group) is 1. The van der Waals surface area contributed by atoms with Crippen LogP contribution < -0.4 is 21.3 Å². The molecule has 0 bridgehead atoms. The third kappa shape index (κ3) is 7.72. The molecule has 12 nitrogen and oxygen atoms in total. The highest BCUT2D eigenvalue weighted by atomic mass is 16.6. The first-order valence-electron chi connectivity index (χ1n) is 15.6. The Morgan fingerprint density at radius 1 is 0.818 bits per heavy atom. The number of carbonyl (C=O) groups is 6. The maximum atomic E-state index is 14.2. The lowest BCUT2D eigenvalue weighted by Crippen LogP contribution is -2.63. The molecule has 2 aliphatic carbocycles. The lowest BCUT2D eigenvalue weighted by atomic mass is 9.85. The SMILES string of the molecule is CNC(=O)C(=O)C(NC(=O)[C@@H]1[C@@H]2[C@H](CN1C(=O)[C@@H](NC(=O)N[C@H](C(=O)OC(C)(C)C)C(C)(C)C)C(C)(C)C)C2(C)C)C1CC1. The molecule has 4 N–H and O–H groups in total. The molecule has 44 heavy (non-hydrogen) atoms. The predicted molar refractivity (Wildman–Crippen MR) is 164 cm³/mol. The molecule has 5 amide bonds. The third-order valence-electron chi connectivity index (χ3n) is 9.06. The highest BCUT2D eigenvalue weighted by molar-refractivity contribution is 6.38. The Morgan fingerprint density at radius 2 is 1.34 bits per heavy atom. The maximum absolute atomic E-state index is 14.2. The van der Waals surface area contributed by atoms with Crippen LogP contribution in [0.2, 0.25) is 0 Å². The Balaban J connectivity index is 1.84. The molecular weight excluding hydrogens is 566 g/mol. The molecule has 2 saturated carbocycles. The van der Waals surface area contributed by atoms with Gasteiger partial charge in [-0.2, -0.15) is 0 Å². The van der Waals surface area contributed by atoms with E-state index < -0.39 is 76.1 Å². The van der Waals surface area contributed by atoms with Gasteiger partial charge in [-0.25, -0.2) is 9.59 Å². The Kier molecular flexibility index (Phi) is 9.60. The van der Waals surface area contributed by atoms with Crippen LogP contribution in [-0.4, -0.2) is 83.8 Å². The number of carbonyl (C=O) groups excluding carboxylic acids is 6. The zero-order valence-electron chi connectivity index (χ0n) is 28.5. The minimum atomic E-state index is -1.04. The number of hydrogen-bond donors (Lipinski definition) is 4. The molecule has 0 spiro atoms. The highest BCUT2D eigenvalue weighted by Gasteiger charge is 2.70. The van der Waals surface area contributed by atoms with Crippen molar-refractivity contribution in [3.63, 3.8) is 0 Å². The summed E-state index contributed by atoms with van der Waals surface area (Å²) in [6, 6.07) is -4.55. The first kappa shape index (κ1) is 35.3. The second kappa shape index (κ2) is 12.0. The second-order valence-electron chi connectivity index (χ2n) is 16.4. The van der Waals surface area contributed by atoms with Crippen molar-refractivity contribution in [1.82, 2.24) is 26.2 Å². The standard InChI is InChI=1S/C32H53N5O7/c1-29(2,3)22(35-28(43)36-23(30(4,5)6)27(42)44-31(7,8)9)26(41)37-15-17-18(32(17,10)11)20(37)24(39)34-19(16-13-14-16)21(38)25(40)33-12/h16-20,22-23H,13-15H2,1-12H3,(H,33,40)(H,34,39)(H2,35,36,43)/t17-,18-,19?,20-,22+,23+/m0/s1. The van der Waals surface area contributed by atoms with Gasteiger partial charge in [0.1, 0.15) is 29.8 Å². The number of rotatable bonds is 9. The Labute approximate surface area is 261 Å². The average molecular weight is 620 g/mol. The third-order valence-corrected chi connectivity index (χ3v) is 9.06. The molecule has 6 atom stereocenters. The minimum absolute atomic E-state index is 0.0723. The van der Waals surface area contributed by atoms with Crippen molar-refractivity contribution < 1.29 is 33.5 Å². The summed E-state index contributed by atoms with van der Waals surface area (Å²) in [5, 5.41) is 10.7. The van der Waals surface area contributed by atoms with Gasteiger partial charge in [-0.3, -0.25) is 19.2 Å². The summed E-state index contributed by atoms with van der Waals surface area (Å²) in [7, 11) is 1.37. The van der Waals surface area contributed by atoms with Gasteiger partial charge >= 0.3 is 12.0 Å². The fraction of sp³-hybridized carbons (Fsp3) is 0.812. The summed E-state index contributed by atoms with van der Waals surface area (Å²) in [5.41, 5.74) is -2.39. The van der Waals surface area contributed by atoms with Crippen LogP contribution >= 0.6 is 0 Å². The van der Waals surface area contributed by atoms with Crippen LogP contribution in [0.4, 0.5) is 4.79 Å². The zero-order chi connectivity index (χ0) is 33.7. The summed E-state index contributed by atoms with van der Waals surface area (Å²) in [6.07, 6.45) is 1.45. The van der Waals surface area contributed by atoms with E-state index in [9.17, 15) is 28.8 Å². The molecule has 0 aromatic heterocycles. The largest absolute Gasteiger partial charge is 0.458 e. The monoisotopic (exact) mass is 619 g/mol. The van der Waals surface area contributed by atoms with Crippen molar-refractivity contribution >= 4 is 35.5 Å². The molecule has 3 rings (SSSR count). The molecule has 1 saturated heterocycles. The molecule has 248 valence electrons. The maximum Gasteiger partial charge on any atom is 0.329 e. The number of hydrogen-bond acceptors (Lipinski definition) is 7. The molecule has 3 fully saturated rings. The number of piperidine rings is 1. The number of ether oxygens (including phenoxy) is 1. The van der Waals surface area contributed by atoms with E-state index in [4.69, 9.17) is 4.74 Å². The highest BCUT2D eigenvalue weighted by Crippen LogP contribution is 2.65. The topological polar surface area (TPSA) is 163 Å². The molecule has 0 radical (unpaired) electrons. The summed E-state index contributed by atoms with van der Waals surface area (Å²) >= 11 is 0. The van der Waals surface area contributed by atoms with E-state index in [1.54, 1.807) is 41.5 Å². The van der Waals surface area contributed by atoms with Crippen LogP contribution in [0.15, 0.2) is 0 Å². The van der Waals surface area contributed by atoms with E-state index in [-0.39, 0.29) is 23.2 Å². The van der Waals surface area contributed by atoms with Gasteiger partial charge in [-0.15, -0.1) is 0 Å². The van der Waals surface area contributed by atoms with E-state index in [1.165, 1.54) is 11.9 Å². The van der Waals surface area contributed by atoms with E-state index in [0.29, 0.717) is 6.54 Å². The number of nitrogens with zero attached hydrogens (tertiary/aromatic N) is 1. The van der Waals surface area contributed by atoms with Gasteiger partial charge in [-0.05, 0) is 67.6 Å². The number of fused-ring (bicyclic) bond motifs is 1. The van der Waals surface area contributed by atoms with Crippen molar-refractivity contribution in [2.24, 2.45) is 34.0 Å². The summed E-state index contributed by atoms with van der Waals surface area (Å²) in [6.45, 7) is 20.5. The molecule has 0 aromatic carbocycles. The molecule has 12 heteroatoms. The predicted octanol–water partition coefficient (Wildman–Crippen LogP) is 2.15. The van der Waals surface area contributed by atoms with Gasteiger partial charge < -0.3 is 30.9 Å². The van der Waals surface area contributed by atoms with Crippen molar-refractivity contribution in [2.45, 2.75) is 119 Å². The lowest BCUT2D eigenvalue weighted by molar-refractivity contribution is -0.160. The number of urea groups is 1. The van der Waals surface area contributed by atoms with Crippen LogP contribution in [0.1, 0.15) is 89.0 Å². The van der Waals surface area contributed by atoms with Crippen molar-refractivity contribution in [3.05, 3.63) is 0 Å². The van der Waals surface area contributed by atoms with E-state index in [0.717, 1.165) is 12.8 Å². The van der Waals surface area contributed by atoms with Gasteiger partial charge in [0.05, 0.1) is 0 Å². The smallest absolute Gasteiger partial charge is 0.329 e. The van der Waals surface area contributed by atoms with Crippen molar-refractivity contribution in [1.29, 1.82) is 0 Å². The van der Waals surface area contributed by atoms with E-state index >= 15 is 0 Å². The summed E-state index contributed by atoms with van der Waals surface area (Å²) in [4.78, 5) is 80.9. The van der Waals surface area contributed by atoms with Crippen LogP contribution in [0.5, 0.6) is 0 Å². The van der Waals surface area contributed by atoms with Crippen molar-refractivity contribution in [2.75, 3.05) is 13.6 Å². The van der Waals surface area contributed by atoms with Crippen LogP contribution in [-0.2, 0) is 28.7 Å². The minimum Gasteiger partial charge on any atom is -0.458 e. The molecule has 1 unspecified atom stereocenters. The Morgan fingerprint density at radius 3 is 1.80 bits per heavy atom. The molecule has 3 aliphatic rings. The number of esters is 1. The normalized spacial score (nSPS) is 24.6. The van der Waals surface area contributed by atoms with Gasteiger partial charge in [-0.1, -0.05) is 55.4 Å². The quantitative estimate of drug-likeness (QED) is 0.227. The van der Waals surface area contributed by atoms with E-state index in [1.807, 2.05) is 20.8 Å². The van der Waals surface area contributed by atoms with Gasteiger partial charge in [0, 0.05) is 13.6 Å². The second-order valence-corrected chi connectivity index (χ2v) is 16.4. The number of nitrogens with one attached hydrogen (secondary N) is 4. The fourth-order valence-corrected chi connectivity index (χ4v) is 6.25. The molecule has 0 aromatic rings. The summed E-state index contributed by atoms with van der Waals surface area (Å²) in [5.74, 6) is -3.14. The number of Topliss-reactive ketones (excluding diaryl/α,β-unsaturated/α-hetero) is 1. The van der Waals surface area contributed by atoms with Gasteiger partial charge in [0.25, 0.3) is 5.91 Å². The average Bonchev–Trinajstić information content (AvgIpc) is 3.74. The Hall–Kier alpha value is -3.18. The number of amides is 5.